The Morgan fingerprint density at radius 1 is 1.12 bits per heavy atom. The number of rotatable bonds is 4. The van der Waals surface area contributed by atoms with Crippen LogP contribution in [0.2, 0.25) is 0 Å². The topological polar surface area (TPSA) is 63.1 Å². The normalized spacial score (nSPS) is 16.1. The van der Waals surface area contributed by atoms with E-state index in [1.807, 2.05) is 38.5 Å². The Hall–Kier alpha value is -2.73. The van der Waals surface area contributed by atoms with Gasteiger partial charge in [-0.3, -0.25) is 14.4 Å². The second kappa shape index (κ2) is 6.88. The van der Waals surface area contributed by atoms with E-state index in [0.29, 0.717) is 5.82 Å². The third-order valence-corrected chi connectivity index (χ3v) is 5.08. The molecular formula is C20H23N5O. The van der Waals surface area contributed by atoms with Crippen molar-refractivity contribution in [3.8, 4) is 11.1 Å². The summed E-state index contributed by atoms with van der Waals surface area (Å²) in [6, 6.07) is 8.02. The number of nitrogens with one attached hydrogen (secondary N) is 1. The molecule has 134 valence electrons. The summed E-state index contributed by atoms with van der Waals surface area (Å²) in [5.41, 5.74) is 2.17. The Kier molecular flexibility index (Phi) is 4.42. The highest BCUT2D eigenvalue weighted by atomic mass is 16.2. The van der Waals surface area contributed by atoms with Crippen molar-refractivity contribution in [1.82, 2.24) is 19.7 Å². The predicted octanol–water partition coefficient (Wildman–Crippen LogP) is 3.06. The Balaban J connectivity index is 1.57. The minimum Gasteiger partial charge on any atom is -0.309 e. The Morgan fingerprint density at radius 2 is 1.92 bits per heavy atom. The molecule has 3 aromatic rings. The highest BCUT2D eigenvalue weighted by molar-refractivity contribution is 5.96. The van der Waals surface area contributed by atoms with Gasteiger partial charge in [0.05, 0.1) is 12.2 Å². The number of carbonyl (C=O) groups is 1. The van der Waals surface area contributed by atoms with Gasteiger partial charge >= 0.3 is 0 Å². The molecule has 0 aliphatic carbocycles. The van der Waals surface area contributed by atoms with Crippen molar-refractivity contribution in [3.05, 3.63) is 42.9 Å². The van der Waals surface area contributed by atoms with Gasteiger partial charge in [0, 0.05) is 30.4 Å². The molecule has 0 bridgehead atoms. The van der Waals surface area contributed by atoms with Gasteiger partial charge in [-0.2, -0.15) is 5.10 Å². The summed E-state index contributed by atoms with van der Waals surface area (Å²) in [5, 5.41) is 9.29. The van der Waals surface area contributed by atoms with Gasteiger partial charge in [-0.1, -0.05) is 12.1 Å². The van der Waals surface area contributed by atoms with Crippen LogP contribution in [0.15, 0.2) is 42.9 Å². The number of nitrogens with zero attached hydrogens (tertiary/aromatic N) is 4. The Labute approximate surface area is 152 Å². The van der Waals surface area contributed by atoms with Gasteiger partial charge in [0.15, 0.2) is 0 Å². The molecule has 3 heterocycles. The highest BCUT2D eigenvalue weighted by Crippen LogP contribution is 2.25. The van der Waals surface area contributed by atoms with Crippen LogP contribution >= 0.6 is 0 Å². The van der Waals surface area contributed by atoms with Gasteiger partial charge in [-0.25, -0.2) is 4.98 Å². The van der Waals surface area contributed by atoms with Gasteiger partial charge < -0.3 is 5.32 Å². The number of pyridine rings is 1. The second-order valence-corrected chi connectivity index (χ2v) is 6.94. The maximum atomic E-state index is 12.5. The number of fused-ring (bicyclic) bond motifs is 1. The smallest absolute Gasteiger partial charge is 0.242 e. The van der Waals surface area contributed by atoms with E-state index in [2.05, 4.69) is 32.4 Å². The number of likely N-dealkylation sites (tertiary alicyclic amines) is 1. The first-order valence-corrected chi connectivity index (χ1v) is 9.04. The van der Waals surface area contributed by atoms with E-state index in [-0.39, 0.29) is 11.9 Å². The zero-order chi connectivity index (χ0) is 18.1. The maximum absolute atomic E-state index is 12.5. The van der Waals surface area contributed by atoms with Crippen molar-refractivity contribution in [1.29, 1.82) is 0 Å². The SMILES string of the molecule is C[C@H](C(=O)Nc1cc2cc(-c3cnn(C)c3)ccc2cn1)N1CCCC1. The summed E-state index contributed by atoms with van der Waals surface area (Å²) in [6.07, 6.45) is 7.98. The number of carbonyl (C=O) groups excluding carboxylic acids is 1. The number of hydrogen-bond acceptors (Lipinski definition) is 4. The lowest BCUT2D eigenvalue weighted by Crippen LogP contribution is -2.40. The minimum absolute atomic E-state index is 0.00200. The lowest BCUT2D eigenvalue weighted by molar-refractivity contribution is -0.120. The van der Waals surface area contributed by atoms with Crippen LogP contribution in [0.25, 0.3) is 21.9 Å². The van der Waals surface area contributed by atoms with E-state index in [0.717, 1.165) is 35.0 Å². The molecule has 0 spiro atoms. The van der Waals surface area contributed by atoms with Crippen LogP contribution in [-0.2, 0) is 11.8 Å². The molecule has 26 heavy (non-hydrogen) atoms. The zero-order valence-corrected chi connectivity index (χ0v) is 15.1. The van der Waals surface area contributed by atoms with Crippen LogP contribution in [0.3, 0.4) is 0 Å². The van der Waals surface area contributed by atoms with Crippen LogP contribution in [0.1, 0.15) is 19.8 Å². The third-order valence-electron chi connectivity index (χ3n) is 5.08. The first-order chi connectivity index (χ1) is 12.6. The molecule has 2 aromatic heterocycles. The Morgan fingerprint density at radius 3 is 2.65 bits per heavy atom. The van der Waals surface area contributed by atoms with Gasteiger partial charge in [0.25, 0.3) is 0 Å². The zero-order valence-electron chi connectivity index (χ0n) is 15.1. The third kappa shape index (κ3) is 3.32. The largest absolute Gasteiger partial charge is 0.309 e. The first-order valence-electron chi connectivity index (χ1n) is 9.04. The predicted molar refractivity (Wildman–Crippen MR) is 103 cm³/mol. The molecule has 1 amide bonds. The van der Waals surface area contributed by atoms with E-state index < -0.39 is 0 Å². The van der Waals surface area contributed by atoms with E-state index in [1.54, 1.807) is 10.9 Å². The van der Waals surface area contributed by atoms with E-state index in [1.165, 1.54) is 12.8 Å². The maximum Gasteiger partial charge on any atom is 0.242 e. The molecule has 1 atom stereocenters. The summed E-state index contributed by atoms with van der Waals surface area (Å²) in [4.78, 5) is 19.1. The minimum atomic E-state index is -0.128. The monoisotopic (exact) mass is 349 g/mol. The van der Waals surface area contributed by atoms with Crippen molar-refractivity contribution in [2.45, 2.75) is 25.8 Å². The standard InChI is InChI=1S/C20H23N5O/c1-14(25-7-3-4-8-25)20(26)23-19-10-17-9-15(5-6-16(17)11-21-19)18-12-22-24(2)13-18/h5-6,9-14H,3-4,7-8H2,1-2H3,(H,21,23,26)/t14-/m1/s1. The summed E-state index contributed by atoms with van der Waals surface area (Å²) < 4.78 is 1.79. The summed E-state index contributed by atoms with van der Waals surface area (Å²) >= 11 is 0. The molecule has 0 radical (unpaired) electrons. The van der Waals surface area contributed by atoms with Crippen molar-refractivity contribution >= 4 is 22.5 Å². The van der Waals surface area contributed by atoms with Gasteiger partial charge in [0.1, 0.15) is 5.82 Å². The lowest BCUT2D eigenvalue weighted by atomic mass is 10.1. The number of aryl methyl sites for hydroxylation is 1. The van der Waals surface area contributed by atoms with Crippen LogP contribution in [0.5, 0.6) is 0 Å². The molecule has 1 N–H and O–H groups in total. The van der Waals surface area contributed by atoms with Crippen LogP contribution in [-0.4, -0.2) is 44.7 Å². The van der Waals surface area contributed by atoms with Crippen molar-refractivity contribution < 1.29 is 4.79 Å². The number of benzene rings is 1. The molecule has 1 aromatic carbocycles. The molecule has 6 heteroatoms. The molecular weight excluding hydrogens is 326 g/mol. The lowest BCUT2D eigenvalue weighted by Gasteiger charge is -2.22. The van der Waals surface area contributed by atoms with Crippen molar-refractivity contribution in [2.24, 2.45) is 7.05 Å². The average molecular weight is 349 g/mol. The van der Waals surface area contributed by atoms with Crippen LogP contribution in [0, 0.1) is 0 Å². The fraction of sp³-hybridized carbons (Fsp3) is 0.350. The molecule has 6 nitrogen and oxygen atoms in total. The van der Waals surface area contributed by atoms with Crippen molar-refractivity contribution in [3.63, 3.8) is 0 Å². The number of hydrogen-bond donors (Lipinski definition) is 1. The summed E-state index contributed by atoms with van der Waals surface area (Å²) in [5.74, 6) is 0.596. The Bertz CT molecular complexity index is 942. The van der Waals surface area contributed by atoms with E-state index in [9.17, 15) is 4.79 Å². The molecule has 1 fully saturated rings. The number of amides is 1. The number of anilines is 1. The summed E-state index contributed by atoms with van der Waals surface area (Å²) in [7, 11) is 1.91. The summed E-state index contributed by atoms with van der Waals surface area (Å²) in [6.45, 7) is 3.95. The molecule has 4 rings (SSSR count). The molecule has 1 aliphatic rings. The van der Waals surface area contributed by atoms with Gasteiger partial charge in [-0.05, 0) is 55.9 Å². The number of aromatic nitrogens is 3. The van der Waals surface area contributed by atoms with Crippen LogP contribution < -0.4 is 5.32 Å². The molecule has 0 saturated carbocycles. The molecule has 1 saturated heterocycles. The van der Waals surface area contributed by atoms with Gasteiger partial charge in [-0.15, -0.1) is 0 Å². The van der Waals surface area contributed by atoms with E-state index >= 15 is 0 Å². The second-order valence-electron chi connectivity index (χ2n) is 6.94. The van der Waals surface area contributed by atoms with Gasteiger partial charge in [0.2, 0.25) is 5.91 Å². The van der Waals surface area contributed by atoms with Crippen molar-refractivity contribution in [2.75, 3.05) is 18.4 Å². The van der Waals surface area contributed by atoms with E-state index in [4.69, 9.17) is 0 Å². The highest BCUT2D eigenvalue weighted by Gasteiger charge is 2.24. The first kappa shape index (κ1) is 16.7. The fourth-order valence-corrected chi connectivity index (χ4v) is 3.48. The van der Waals surface area contributed by atoms with Crippen LogP contribution in [0.4, 0.5) is 5.82 Å². The molecule has 0 unspecified atom stereocenters. The fourth-order valence-electron chi connectivity index (χ4n) is 3.48. The average Bonchev–Trinajstić information content (AvgIpc) is 3.32. The molecule has 1 aliphatic heterocycles. The quantitative estimate of drug-likeness (QED) is 0.786.